The van der Waals surface area contributed by atoms with E-state index in [0.29, 0.717) is 6.54 Å². The summed E-state index contributed by atoms with van der Waals surface area (Å²) in [5, 5.41) is 0. The van der Waals surface area contributed by atoms with Crippen molar-refractivity contribution >= 4 is 0 Å². The van der Waals surface area contributed by atoms with Crippen LogP contribution in [0.5, 0.6) is 5.75 Å². The molecule has 1 aliphatic carbocycles. The molecule has 2 rings (SSSR count). The predicted molar refractivity (Wildman–Crippen MR) is 71.0 cm³/mol. The summed E-state index contributed by atoms with van der Waals surface area (Å²) in [7, 11) is 0. The minimum absolute atomic E-state index is 0.252. The lowest BCUT2D eigenvalue weighted by Crippen LogP contribution is -2.24. The molecule has 1 fully saturated rings. The number of benzene rings is 1. The molecule has 2 nitrogen and oxygen atoms in total. The second-order valence-corrected chi connectivity index (χ2v) is 5.13. The van der Waals surface area contributed by atoms with Crippen LogP contribution in [-0.4, -0.2) is 6.10 Å². The van der Waals surface area contributed by atoms with E-state index in [2.05, 4.69) is 6.92 Å². The molecule has 100 valence electrons. The molecule has 1 aromatic rings. The lowest BCUT2D eigenvalue weighted by molar-refractivity contribution is 0.128. The Kier molecular flexibility index (Phi) is 4.59. The van der Waals surface area contributed by atoms with E-state index in [0.717, 1.165) is 30.1 Å². The maximum atomic E-state index is 13.1. The molecule has 0 atom stereocenters. The van der Waals surface area contributed by atoms with Gasteiger partial charge < -0.3 is 10.5 Å². The Balaban J connectivity index is 1.97. The first kappa shape index (κ1) is 13.3. The highest BCUT2D eigenvalue weighted by atomic mass is 19.1. The summed E-state index contributed by atoms with van der Waals surface area (Å²) in [4.78, 5) is 0. The molecule has 0 radical (unpaired) electrons. The zero-order valence-corrected chi connectivity index (χ0v) is 11.0. The van der Waals surface area contributed by atoms with Crippen molar-refractivity contribution < 1.29 is 9.13 Å². The van der Waals surface area contributed by atoms with E-state index in [1.807, 2.05) is 0 Å². The van der Waals surface area contributed by atoms with E-state index in [1.165, 1.54) is 31.4 Å². The Labute approximate surface area is 108 Å². The average Bonchev–Trinajstić information content (AvgIpc) is 2.41. The van der Waals surface area contributed by atoms with Crippen molar-refractivity contribution in [3.63, 3.8) is 0 Å². The van der Waals surface area contributed by atoms with E-state index in [4.69, 9.17) is 10.5 Å². The average molecular weight is 251 g/mol. The van der Waals surface area contributed by atoms with Crippen molar-refractivity contribution in [1.82, 2.24) is 0 Å². The molecule has 0 spiro atoms. The van der Waals surface area contributed by atoms with Crippen molar-refractivity contribution in [3.05, 3.63) is 29.6 Å². The molecule has 2 N–H and O–H groups in total. The maximum Gasteiger partial charge on any atom is 0.124 e. The van der Waals surface area contributed by atoms with Crippen molar-refractivity contribution in [2.24, 2.45) is 11.7 Å². The molecule has 0 amide bonds. The summed E-state index contributed by atoms with van der Waals surface area (Å²) in [5.74, 6) is 1.35. The summed E-state index contributed by atoms with van der Waals surface area (Å²) in [6, 6.07) is 4.60. The standard InChI is InChI=1S/C15H22FNO/c1-2-11-3-6-14(7-4-11)18-15-8-5-13(16)9-12(15)10-17/h5,8-9,11,14H,2-4,6-7,10,17H2,1H3. The monoisotopic (exact) mass is 251 g/mol. The molecule has 0 aliphatic heterocycles. The van der Waals surface area contributed by atoms with Crippen LogP contribution in [0.2, 0.25) is 0 Å². The van der Waals surface area contributed by atoms with Gasteiger partial charge in [0.1, 0.15) is 11.6 Å². The second-order valence-electron chi connectivity index (χ2n) is 5.13. The highest BCUT2D eigenvalue weighted by Gasteiger charge is 2.21. The van der Waals surface area contributed by atoms with Gasteiger partial charge in [-0.1, -0.05) is 13.3 Å². The number of halogens is 1. The van der Waals surface area contributed by atoms with Crippen molar-refractivity contribution in [2.75, 3.05) is 0 Å². The summed E-state index contributed by atoms with van der Waals surface area (Å²) < 4.78 is 19.1. The van der Waals surface area contributed by atoms with Crippen LogP contribution in [0.25, 0.3) is 0 Å². The third-order valence-electron chi connectivity index (χ3n) is 3.91. The number of ether oxygens (including phenoxy) is 1. The SMILES string of the molecule is CCC1CCC(Oc2ccc(F)cc2CN)CC1. The van der Waals surface area contributed by atoms with Crippen LogP contribution >= 0.6 is 0 Å². The van der Waals surface area contributed by atoms with E-state index in [9.17, 15) is 4.39 Å². The fraction of sp³-hybridized carbons (Fsp3) is 0.600. The van der Waals surface area contributed by atoms with Gasteiger partial charge in [0.15, 0.2) is 0 Å². The van der Waals surface area contributed by atoms with E-state index in [1.54, 1.807) is 6.07 Å². The van der Waals surface area contributed by atoms with Gasteiger partial charge in [0.05, 0.1) is 6.10 Å². The highest BCUT2D eigenvalue weighted by molar-refractivity contribution is 5.34. The first-order chi connectivity index (χ1) is 8.72. The van der Waals surface area contributed by atoms with Crippen molar-refractivity contribution in [1.29, 1.82) is 0 Å². The molecular formula is C15H22FNO. The first-order valence-corrected chi connectivity index (χ1v) is 6.88. The van der Waals surface area contributed by atoms with Crippen molar-refractivity contribution in [2.45, 2.75) is 51.7 Å². The molecule has 1 aliphatic rings. The van der Waals surface area contributed by atoms with E-state index >= 15 is 0 Å². The van der Waals surface area contributed by atoms with Crippen LogP contribution < -0.4 is 10.5 Å². The lowest BCUT2D eigenvalue weighted by Gasteiger charge is -2.29. The molecule has 1 aromatic carbocycles. The quantitative estimate of drug-likeness (QED) is 0.886. The van der Waals surface area contributed by atoms with E-state index < -0.39 is 0 Å². The fourth-order valence-electron chi connectivity index (χ4n) is 2.66. The van der Waals surface area contributed by atoms with Crippen LogP contribution in [0.3, 0.4) is 0 Å². The van der Waals surface area contributed by atoms with Gasteiger partial charge in [-0.2, -0.15) is 0 Å². The van der Waals surface area contributed by atoms with Crippen LogP contribution in [0.15, 0.2) is 18.2 Å². The van der Waals surface area contributed by atoms with Gasteiger partial charge in [0, 0.05) is 12.1 Å². The van der Waals surface area contributed by atoms with Gasteiger partial charge in [-0.3, -0.25) is 0 Å². The molecule has 0 bridgehead atoms. The molecule has 18 heavy (non-hydrogen) atoms. The van der Waals surface area contributed by atoms with Gasteiger partial charge in [0.25, 0.3) is 0 Å². The third-order valence-corrected chi connectivity index (χ3v) is 3.91. The number of rotatable bonds is 4. The normalized spacial score (nSPS) is 23.9. The first-order valence-electron chi connectivity index (χ1n) is 6.88. The Bertz CT molecular complexity index is 386. The molecule has 0 aromatic heterocycles. The summed E-state index contributed by atoms with van der Waals surface area (Å²) >= 11 is 0. The second kappa shape index (κ2) is 6.19. The van der Waals surface area contributed by atoms with Crippen LogP contribution in [0, 0.1) is 11.7 Å². The summed E-state index contributed by atoms with van der Waals surface area (Å²) in [5.41, 5.74) is 6.38. The maximum absolute atomic E-state index is 13.1. The third kappa shape index (κ3) is 3.22. The fourth-order valence-corrected chi connectivity index (χ4v) is 2.66. The Morgan fingerprint density at radius 2 is 2.00 bits per heavy atom. The zero-order valence-electron chi connectivity index (χ0n) is 11.0. The molecule has 0 heterocycles. The molecule has 3 heteroatoms. The van der Waals surface area contributed by atoms with Gasteiger partial charge >= 0.3 is 0 Å². The number of nitrogens with two attached hydrogens (primary N) is 1. The smallest absolute Gasteiger partial charge is 0.124 e. The number of hydrogen-bond donors (Lipinski definition) is 1. The molecule has 1 saturated carbocycles. The Morgan fingerprint density at radius 3 is 2.61 bits per heavy atom. The minimum Gasteiger partial charge on any atom is -0.490 e. The van der Waals surface area contributed by atoms with Gasteiger partial charge in [-0.15, -0.1) is 0 Å². The lowest BCUT2D eigenvalue weighted by atomic mass is 9.86. The topological polar surface area (TPSA) is 35.2 Å². The summed E-state index contributed by atoms with van der Waals surface area (Å²) in [6.45, 7) is 2.57. The van der Waals surface area contributed by atoms with E-state index in [-0.39, 0.29) is 11.9 Å². The zero-order chi connectivity index (χ0) is 13.0. The molecule has 0 saturated heterocycles. The molecule has 0 unspecified atom stereocenters. The molecular weight excluding hydrogens is 229 g/mol. The number of hydrogen-bond acceptors (Lipinski definition) is 2. The van der Waals surface area contributed by atoms with Crippen LogP contribution in [-0.2, 0) is 6.54 Å². The highest BCUT2D eigenvalue weighted by Crippen LogP contribution is 2.30. The minimum atomic E-state index is -0.252. The van der Waals surface area contributed by atoms with Crippen LogP contribution in [0.4, 0.5) is 4.39 Å². The van der Waals surface area contributed by atoms with Crippen molar-refractivity contribution in [3.8, 4) is 5.75 Å². The Morgan fingerprint density at radius 1 is 1.28 bits per heavy atom. The predicted octanol–water partition coefficient (Wildman–Crippen LogP) is 3.63. The van der Waals surface area contributed by atoms with Gasteiger partial charge in [-0.25, -0.2) is 4.39 Å². The van der Waals surface area contributed by atoms with Gasteiger partial charge in [0.2, 0.25) is 0 Å². The Hall–Kier alpha value is -1.09. The summed E-state index contributed by atoms with van der Waals surface area (Å²) in [6.07, 6.45) is 6.20. The largest absolute Gasteiger partial charge is 0.490 e. The van der Waals surface area contributed by atoms with Crippen LogP contribution in [0.1, 0.15) is 44.6 Å². The van der Waals surface area contributed by atoms with Gasteiger partial charge in [-0.05, 0) is 49.8 Å².